The number of allylic oxidation sites excluding steroid dienone is 1. The zero-order valence-electron chi connectivity index (χ0n) is 10.4. The fraction of sp³-hybridized carbons (Fsp3) is 0. The van der Waals surface area contributed by atoms with Crippen molar-refractivity contribution in [3.05, 3.63) is 57.3 Å². The second-order valence-electron chi connectivity index (χ2n) is 4.42. The van der Waals surface area contributed by atoms with Gasteiger partial charge in [0.1, 0.15) is 11.5 Å². The molecule has 1 heterocycles. The molecule has 0 aromatic heterocycles. The van der Waals surface area contributed by atoms with Crippen molar-refractivity contribution < 1.29 is 19.7 Å². The highest BCUT2D eigenvalue weighted by molar-refractivity contribution is 6.39. The van der Waals surface area contributed by atoms with E-state index in [1.807, 2.05) is 0 Å². The SMILES string of the molecule is O=C1/C(=C/c2ccc(O)cc2O)Oc2c(Cl)ccc(Cl)c21. The van der Waals surface area contributed by atoms with Gasteiger partial charge in [-0.2, -0.15) is 0 Å². The zero-order chi connectivity index (χ0) is 15.1. The number of rotatable bonds is 1. The number of phenolic OH excluding ortho intramolecular Hbond substituents is 2. The summed E-state index contributed by atoms with van der Waals surface area (Å²) in [5.41, 5.74) is 0.532. The van der Waals surface area contributed by atoms with E-state index in [0.29, 0.717) is 5.56 Å². The van der Waals surface area contributed by atoms with Crippen molar-refractivity contribution >= 4 is 35.1 Å². The lowest BCUT2D eigenvalue weighted by Gasteiger charge is -2.02. The predicted octanol–water partition coefficient (Wildman–Crippen LogP) is 4.02. The molecule has 0 fully saturated rings. The van der Waals surface area contributed by atoms with E-state index in [-0.39, 0.29) is 38.6 Å². The molecule has 0 amide bonds. The zero-order valence-corrected chi connectivity index (χ0v) is 11.9. The van der Waals surface area contributed by atoms with Gasteiger partial charge in [0.15, 0.2) is 11.5 Å². The van der Waals surface area contributed by atoms with Gasteiger partial charge in [0.05, 0.1) is 15.6 Å². The molecule has 4 nitrogen and oxygen atoms in total. The number of carbonyl (C=O) groups excluding carboxylic acids is 1. The maximum Gasteiger partial charge on any atom is 0.233 e. The molecular formula is C15H8Cl2O4. The number of Topliss-reactive ketones (excluding diaryl/α,β-unsaturated/α-hetero) is 1. The topological polar surface area (TPSA) is 66.8 Å². The van der Waals surface area contributed by atoms with Gasteiger partial charge in [0, 0.05) is 11.6 Å². The first-order valence-corrected chi connectivity index (χ1v) is 6.67. The van der Waals surface area contributed by atoms with Crippen LogP contribution in [0.25, 0.3) is 6.08 Å². The number of hydrogen-bond donors (Lipinski definition) is 2. The highest BCUT2D eigenvalue weighted by Gasteiger charge is 2.32. The summed E-state index contributed by atoms with van der Waals surface area (Å²) < 4.78 is 5.44. The molecule has 1 aliphatic rings. The Morgan fingerprint density at radius 2 is 1.76 bits per heavy atom. The van der Waals surface area contributed by atoms with Gasteiger partial charge < -0.3 is 14.9 Å². The van der Waals surface area contributed by atoms with Crippen molar-refractivity contribution in [1.82, 2.24) is 0 Å². The highest BCUT2D eigenvalue weighted by Crippen LogP contribution is 2.42. The van der Waals surface area contributed by atoms with E-state index >= 15 is 0 Å². The third kappa shape index (κ3) is 2.33. The Morgan fingerprint density at radius 3 is 2.43 bits per heavy atom. The smallest absolute Gasteiger partial charge is 0.233 e. The molecule has 0 spiro atoms. The summed E-state index contributed by atoms with van der Waals surface area (Å²) in [5.74, 6) is -0.459. The van der Waals surface area contributed by atoms with Gasteiger partial charge >= 0.3 is 0 Å². The van der Waals surface area contributed by atoms with Crippen LogP contribution in [0.15, 0.2) is 36.1 Å². The summed E-state index contributed by atoms with van der Waals surface area (Å²) >= 11 is 12.0. The predicted molar refractivity (Wildman–Crippen MR) is 79.2 cm³/mol. The van der Waals surface area contributed by atoms with Gasteiger partial charge in [-0.3, -0.25) is 4.79 Å². The summed E-state index contributed by atoms with van der Waals surface area (Å²) in [4.78, 5) is 12.3. The Morgan fingerprint density at radius 1 is 1.05 bits per heavy atom. The molecular weight excluding hydrogens is 315 g/mol. The number of ether oxygens (including phenoxy) is 1. The number of fused-ring (bicyclic) bond motifs is 1. The number of aromatic hydroxyl groups is 2. The van der Waals surface area contributed by atoms with Gasteiger partial charge in [0.2, 0.25) is 5.78 Å². The number of carbonyl (C=O) groups is 1. The molecule has 2 N–H and O–H groups in total. The lowest BCUT2D eigenvalue weighted by atomic mass is 10.1. The third-order valence-electron chi connectivity index (χ3n) is 3.02. The fourth-order valence-corrected chi connectivity index (χ4v) is 2.45. The van der Waals surface area contributed by atoms with Gasteiger partial charge in [-0.05, 0) is 30.3 Å². The summed E-state index contributed by atoms with van der Waals surface area (Å²) in [6.45, 7) is 0. The summed E-state index contributed by atoms with van der Waals surface area (Å²) in [7, 11) is 0. The Hall–Kier alpha value is -2.17. The molecule has 2 aromatic carbocycles. The van der Waals surface area contributed by atoms with E-state index in [0.717, 1.165) is 0 Å². The molecule has 0 aliphatic carbocycles. The second kappa shape index (κ2) is 4.98. The minimum atomic E-state index is -0.412. The molecule has 6 heteroatoms. The molecule has 0 unspecified atom stereocenters. The van der Waals surface area contributed by atoms with Crippen molar-refractivity contribution in [2.75, 3.05) is 0 Å². The molecule has 3 rings (SSSR count). The number of halogens is 2. The number of benzene rings is 2. The van der Waals surface area contributed by atoms with Crippen molar-refractivity contribution in [3.8, 4) is 17.2 Å². The average Bonchev–Trinajstić information content (AvgIpc) is 2.76. The molecule has 106 valence electrons. The lowest BCUT2D eigenvalue weighted by molar-refractivity contribution is 0.101. The Bertz CT molecular complexity index is 797. The molecule has 0 saturated heterocycles. The molecule has 1 aliphatic heterocycles. The van der Waals surface area contributed by atoms with Crippen molar-refractivity contribution in [2.24, 2.45) is 0 Å². The number of ketones is 1. The van der Waals surface area contributed by atoms with Crippen LogP contribution in [0, 0.1) is 0 Å². The first kappa shape index (κ1) is 13.8. The van der Waals surface area contributed by atoms with Crippen molar-refractivity contribution in [3.63, 3.8) is 0 Å². The van der Waals surface area contributed by atoms with Crippen LogP contribution in [0.3, 0.4) is 0 Å². The quantitative estimate of drug-likeness (QED) is 0.778. The highest BCUT2D eigenvalue weighted by atomic mass is 35.5. The first-order valence-electron chi connectivity index (χ1n) is 5.91. The van der Waals surface area contributed by atoms with Crippen LogP contribution in [0.4, 0.5) is 0 Å². The molecule has 21 heavy (non-hydrogen) atoms. The Labute approximate surface area is 129 Å². The van der Waals surface area contributed by atoms with Crippen molar-refractivity contribution in [1.29, 1.82) is 0 Å². The first-order chi connectivity index (χ1) is 9.97. The molecule has 0 atom stereocenters. The van der Waals surface area contributed by atoms with Crippen molar-refractivity contribution in [2.45, 2.75) is 0 Å². The monoisotopic (exact) mass is 322 g/mol. The maximum atomic E-state index is 12.3. The molecule has 0 saturated carbocycles. The summed E-state index contributed by atoms with van der Waals surface area (Å²) in [6.07, 6.45) is 1.36. The molecule has 0 radical (unpaired) electrons. The molecule has 0 bridgehead atoms. The van der Waals surface area contributed by atoms with E-state index in [9.17, 15) is 15.0 Å². The van der Waals surface area contributed by atoms with Gasteiger partial charge in [-0.1, -0.05) is 23.2 Å². The maximum absolute atomic E-state index is 12.3. The van der Waals surface area contributed by atoms with E-state index in [1.54, 1.807) is 0 Å². The van der Waals surface area contributed by atoms with E-state index < -0.39 is 5.78 Å². The minimum Gasteiger partial charge on any atom is -0.508 e. The van der Waals surface area contributed by atoms with Crippen LogP contribution >= 0.6 is 23.2 Å². The van der Waals surface area contributed by atoms with Crippen LogP contribution < -0.4 is 4.74 Å². The second-order valence-corrected chi connectivity index (χ2v) is 5.23. The Balaban J connectivity index is 2.07. The fourth-order valence-electron chi connectivity index (χ4n) is 2.01. The van der Waals surface area contributed by atoms with Gasteiger partial charge in [0.25, 0.3) is 0 Å². The number of phenols is 2. The Kier molecular flexibility index (Phi) is 3.27. The summed E-state index contributed by atoms with van der Waals surface area (Å²) in [5, 5.41) is 19.5. The van der Waals surface area contributed by atoms with Crippen LogP contribution in [-0.4, -0.2) is 16.0 Å². The lowest BCUT2D eigenvalue weighted by Crippen LogP contribution is -1.98. The van der Waals surface area contributed by atoms with Crippen LogP contribution in [0.2, 0.25) is 10.0 Å². The number of hydrogen-bond acceptors (Lipinski definition) is 4. The van der Waals surface area contributed by atoms with Gasteiger partial charge in [-0.25, -0.2) is 0 Å². The normalized spacial score (nSPS) is 15.1. The van der Waals surface area contributed by atoms with E-state index in [4.69, 9.17) is 27.9 Å². The largest absolute Gasteiger partial charge is 0.508 e. The van der Waals surface area contributed by atoms with Crippen LogP contribution in [0.5, 0.6) is 17.2 Å². The van der Waals surface area contributed by atoms with Crippen LogP contribution in [-0.2, 0) is 0 Å². The molecule has 2 aromatic rings. The van der Waals surface area contributed by atoms with E-state index in [2.05, 4.69) is 0 Å². The summed E-state index contributed by atoms with van der Waals surface area (Å²) in [6, 6.07) is 7.07. The minimum absolute atomic E-state index is 0.000916. The van der Waals surface area contributed by atoms with E-state index in [1.165, 1.54) is 36.4 Å². The van der Waals surface area contributed by atoms with Crippen LogP contribution in [0.1, 0.15) is 15.9 Å². The average molecular weight is 323 g/mol. The third-order valence-corrected chi connectivity index (χ3v) is 3.63. The van der Waals surface area contributed by atoms with Gasteiger partial charge in [-0.15, -0.1) is 0 Å². The standard InChI is InChI=1S/C15H8Cl2O4/c16-9-3-4-10(17)15-13(9)14(20)12(21-15)5-7-1-2-8(18)6-11(7)19/h1-6,18-19H/b12-5-.